The summed E-state index contributed by atoms with van der Waals surface area (Å²) in [6.45, 7) is 3.82. The van der Waals surface area contributed by atoms with E-state index in [2.05, 4.69) is 4.90 Å². The van der Waals surface area contributed by atoms with Crippen LogP contribution in [0.25, 0.3) is 11.6 Å². The Morgan fingerprint density at radius 1 is 1.02 bits per heavy atom. The maximum atomic E-state index is 14.3. The van der Waals surface area contributed by atoms with Gasteiger partial charge in [0.05, 0.1) is 48.8 Å². The Kier molecular flexibility index (Phi) is 7.97. The Hall–Kier alpha value is -4.40. The molecule has 0 radical (unpaired) electrons. The normalized spacial score (nSPS) is 16.5. The maximum Gasteiger partial charge on any atom is 0.420 e. The van der Waals surface area contributed by atoms with Gasteiger partial charge < -0.3 is 19.1 Å². The van der Waals surface area contributed by atoms with Crippen LogP contribution in [-0.2, 0) is 15.7 Å². The number of hydrogen-bond acceptors (Lipinski definition) is 6. The molecule has 2 aliphatic rings. The first kappa shape index (κ1) is 28.1. The van der Waals surface area contributed by atoms with Crippen LogP contribution >= 0.6 is 0 Å². The van der Waals surface area contributed by atoms with E-state index in [4.69, 9.17) is 19.5 Å². The Balaban J connectivity index is 1.44. The number of amides is 1. The summed E-state index contributed by atoms with van der Waals surface area (Å²) in [7, 11) is 1.38. The summed E-state index contributed by atoms with van der Waals surface area (Å²) in [4.78, 5) is 17.3. The summed E-state index contributed by atoms with van der Waals surface area (Å²) in [6.07, 6.45) is -3.17. The summed E-state index contributed by atoms with van der Waals surface area (Å²) in [6, 6.07) is 13.3. The Morgan fingerprint density at radius 2 is 1.80 bits per heavy atom. The number of carbonyl (C=O) groups excluding carboxylic acids is 1. The van der Waals surface area contributed by atoms with Crippen LogP contribution in [0.2, 0.25) is 0 Å². The number of methoxy groups -OCH3 is 1. The molecule has 0 aromatic heterocycles. The van der Waals surface area contributed by atoms with Crippen molar-refractivity contribution in [1.82, 2.24) is 4.90 Å². The van der Waals surface area contributed by atoms with Crippen LogP contribution in [0.15, 0.2) is 54.6 Å². The zero-order valence-corrected chi connectivity index (χ0v) is 22.0. The molecule has 5 rings (SSSR count). The second-order valence-electron chi connectivity index (χ2n) is 9.46. The highest BCUT2D eigenvalue weighted by molar-refractivity contribution is 6.35. The van der Waals surface area contributed by atoms with Gasteiger partial charge >= 0.3 is 6.18 Å². The molecule has 11 heteroatoms. The van der Waals surface area contributed by atoms with E-state index in [0.717, 1.165) is 25.2 Å². The number of nitrogens with zero attached hydrogens (tertiary/aromatic N) is 3. The van der Waals surface area contributed by atoms with Gasteiger partial charge in [0.1, 0.15) is 23.1 Å². The summed E-state index contributed by atoms with van der Waals surface area (Å²) >= 11 is 0. The third-order valence-electron chi connectivity index (χ3n) is 6.91. The molecule has 2 aliphatic heterocycles. The number of morpholine rings is 1. The number of fused-ring (bicyclic) bond motifs is 1. The minimum Gasteiger partial charge on any atom is -0.496 e. The fraction of sp³-hybridized carbons (Fsp3) is 0.267. The van der Waals surface area contributed by atoms with E-state index in [1.807, 2.05) is 0 Å². The van der Waals surface area contributed by atoms with Crippen molar-refractivity contribution in [3.63, 3.8) is 0 Å². The van der Waals surface area contributed by atoms with E-state index in [9.17, 15) is 22.4 Å². The minimum atomic E-state index is -4.74. The summed E-state index contributed by atoms with van der Waals surface area (Å²) in [5.41, 5.74) is 0.501. The molecule has 0 unspecified atom stereocenters. The number of rotatable bonds is 7. The number of hydrogen-bond donors (Lipinski definition) is 0. The average molecular weight is 568 g/mol. The first-order valence-electron chi connectivity index (χ1n) is 12.8. The molecule has 41 heavy (non-hydrogen) atoms. The van der Waals surface area contributed by atoms with Gasteiger partial charge in [-0.15, -0.1) is 0 Å². The van der Waals surface area contributed by atoms with Crippen molar-refractivity contribution in [2.75, 3.05) is 51.4 Å². The number of nitriles is 1. The van der Waals surface area contributed by atoms with Gasteiger partial charge in [0.15, 0.2) is 0 Å². The molecule has 0 saturated carbocycles. The molecule has 0 spiro atoms. The third kappa shape index (κ3) is 6.04. The Labute approximate surface area is 233 Å². The predicted octanol–water partition coefficient (Wildman–Crippen LogP) is 5.74. The van der Waals surface area contributed by atoms with Crippen molar-refractivity contribution < 1.29 is 36.6 Å². The molecule has 0 aliphatic carbocycles. The van der Waals surface area contributed by atoms with E-state index >= 15 is 0 Å². The highest BCUT2D eigenvalue weighted by atomic mass is 19.4. The Morgan fingerprint density at radius 3 is 2.51 bits per heavy atom. The summed E-state index contributed by atoms with van der Waals surface area (Å²) in [5, 5.41) is 8.99. The van der Waals surface area contributed by atoms with Crippen molar-refractivity contribution in [1.29, 1.82) is 5.26 Å². The zero-order chi connectivity index (χ0) is 29.1. The largest absolute Gasteiger partial charge is 0.496 e. The lowest BCUT2D eigenvalue weighted by atomic mass is 10.0. The van der Waals surface area contributed by atoms with Gasteiger partial charge in [-0.3, -0.25) is 9.69 Å². The predicted molar refractivity (Wildman–Crippen MR) is 143 cm³/mol. The number of anilines is 1. The number of ether oxygens (including phenoxy) is 3. The SMILES string of the molecule is COc1cc(Oc2ccc(C#N)cc2C(F)(F)F)ccc1C=C1C(=O)N(CCN2CCOCC2)c2ccc(F)cc21. The number of alkyl halides is 3. The number of halogens is 4. The van der Waals surface area contributed by atoms with Crippen LogP contribution in [0.4, 0.5) is 23.2 Å². The molecule has 2 heterocycles. The maximum absolute atomic E-state index is 14.3. The van der Waals surface area contributed by atoms with E-state index in [0.29, 0.717) is 43.1 Å². The highest BCUT2D eigenvalue weighted by Gasteiger charge is 2.35. The number of benzene rings is 3. The van der Waals surface area contributed by atoms with Gasteiger partial charge in [-0.1, -0.05) is 0 Å². The first-order valence-corrected chi connectivity index (χ1v) is 12.8. The smallest absolute Gasteiger partial charge is 0.420 e. The van der Waals surface area contributed by atoms with E-state index < -0.39 is 23.3 Å². The van der Waals surface area contributed by atoms with Gasteiger partial charge in [-0.05, 0) is 54.6 Å². The summed E-state index contributed by atoms with van der Waals surface area (Å²) in [5.74, 6) is -0.981. The molecule has 3 aromatic carbocycles. The fourth-order valence-corrected chi connectivity index (χ4v) is 4.82. The molecular weight excluding hydrogens is 542 g/mol. The minimum absolute atomic E-state index is 0.0514. The van der Waals surface area contributed by atoms with Crippen molar-refractivity contribution in [3.8, 4) is 23.3 Å². The lowest BCUT2D eigenvalue weighted by Gasteiger charge is -2.28. The Bertz CT molecular complexity index is 1540. The average Bonchev–Trinajstić information content (AvgIpc) is 3.22. The van der Waals surface area contributed by atoms with Gasteiger partial charge in [0.2, 0.25) is 0 Å². The molecule has 0 bridgehead atoms. The first-order chi connectivity index (χ1) is 19.7. The molecule has 3 aromatic rings. The van der Waals surface area contributed by atoms with Crippen LogP contribution in [0.3, 0.4) is 0 Å². The highest BCUT2D eigenvalue weighted by Crippen LogP contribution is 2.42. The van der Waals surface area contributed by atoms with Gasteiger partial charge in [-0.2, -0.15) is 18.4 Å². The molecule has 0 atom stereocenters. The zero-order valence-electron chi connectivity index (χ0n) is 22.0. The quantitative estimate of drug-likeness (QED) is 0.268. The van der Waals surface area contributed by atoms with E-state index in [1.165, 1.54) is 37.4 Å². The molecule has 212 valence electrons. The lowest BCUT2D eigenvalue weighted by Crippen LogP contribution is -2.42. The van der Waals surface area contributed by atoms with Gasteiger partial charge in [0, 0.05) is 43.4 Å². The number of carbonyl (C=O) groups is 1. The summed E-state index contributed by atoms with van der Waals surface area (Å²) < 4.78 is 71.4. The van der Waals surface area contributed by atoms with Crippen LogP contribution in [0.5, 0.6) is 17.2 Å². The van der Waals surface area contributed by atoms with Crippen molar-refractivity contribution >= 4 is 23.2 Å². The van der Waals surface area contributed by atoms with Crippen molar-refractivity contribution in [2.24, 2.45) is 0 Å². The van der Waals surface area contributed by atoms with Crippen LogP contribution in [-0.4, -0.2) is 57.3 Å². The fourth-order valence-electron chi connectivity index (χ4n) is 4.82. The third-order valence-corrected chi connectivity index (χ3v) is 6.91. The molecule has 0 N–H and O–H groups in total. The molecule has 1 amide bonds. The van der Waals surface area contributed by atoms with Crippen molar-refractivity contribution in [2.45, 2.75) is 6.18 Å². The topological polar surface area (TPSA) is 75.0 Å². The van der Waals surface area contributed by atoms with Crippen LogP contribution < -0.4 is 14.4 Å². The van der Waals surface area contributed by atoms with Crippen LogP contribution in [0.1, 0.15) is 22.3 Å². The second-order valence-corrected chi connectivity index (χ2v) is 9.46. The lowest BCUT2D eigenvalue weighted by molar-refractivity contribution is -0.138. The van der Waals surface area contributed by atoms with E-state index in [-0.39, 0.29) is 28.5 Å². The molecule has 1 saturated heterocycles. The van der Waals surface area contributed by atoms with Gasteiger partial charge in [-0.25, -0.2) is 4.39 Å². The molecule has 1 fully saturated rings. The van der Waals surface area contributed by atoms with E-state index in [1.54, 1.807) is 29.2 Å². The monoisotopic (exact) mass is 567 g/mol. The molecular formula is C30H25F4N3O4. The standard InChI is InChI=1S/C30H25F4N3O4/c1-39-28-17-22(41-27-7-2-19(18-35)14-25(27)30(32,33)34)5-3-20(28)15-24-23-16-21(31)4-6-26(23)37(29(24)38)9-8-36-10-12-40-13-11-36/h2-7,14-17H,8-13H2,1H3. The van der Waals surface area contributed by atoms with Crippen LogP contribution in [0, 0.1) is 17.1 Å². The van der Waals surface area contributed by atoms with Crippen molar-refractivity contribution in [3.05, 3.63) is 82.7 Å². The molecule has 7 nitrogen and oxygen atoms in total. The second kappa shape index (κ2) is 11.6. The van der Waals surface area contributed by atoms with Gasteiger partial charge in [0.25, 0.3) is 5.91 Å².